The summed E-state index contributed by atoms with van der Waals surface area (Å²) in [7, 11) is 0. The van der Waals surface area contributed by atoms with Crippen LogP contribution in [0.2, 0.25) is 0 Å². The third kappa shape index (κ3) is 3.22. The first-order chi connectivity index (χ1) is 14.5. The summed E-state index contributed by atoms with van der Waals surface area (Å²) in [5.41, 5.74) is 2.49. The Morgan fingerprint density at radius 3 is 2.70 bits per heavy atom. The van der Waals surface area contributed by atoms with Gasteiger partial charge in [0, 0.05) is 25.0 Å². The van der Waals surface area contributed by atoms with Gasteiger partial charge in [-0.1, -0.05) is 0 Å². The summed E-state index contributed by atoms with van der Waals surface area (Å²) in [6.07, 6.45) is 7.81. The molecule has 1 N–H and O–H groups in total. The number of carbonyl (C=O) groups excluding carboxylic acids is 1. The van der Waals surface area contributed by atoms with Crippen molar-refractivity contribution in [2.75, 3.05) is 18.4 Å². The van der Waals surface area contributed by atoms with E-state index in [2.05, 4.69) is 20.5 Å². The van der Waals surface area contributed by atoms with Gasteiger partial charge in [-0.2, -0.15) is 10.2 Å². The predicted molar refractivity (Wildman–Crippen MR) is 110 cm³/mol. The van der Waals surface area contributed by atoms with Gasteiger partial charge in [-0.25, -0.2) is 9.37 Å². The zero-order chi connectivity index (χ0) is 20.7. The van der Waals surface area contributed by atoms with E-state index in [1.807, 2.05) is 17.9 Å². The number of nitrogens with one attached hydrogen (secondary N) is 1. The molecule has 4 heterocycles. The lowest BCUT2D eigenvalue weighted by Gasteiger charge is -2.59. The number of benzene rings is 1. The molecule has 0 spiro atoms. The molecule has 3 aromatic rings. The molecule has 3 fully saturated rings. The van der Waals surface area contributed by atoms with Gasteiger partial charge in [-0.05, 0) is 68.0 Å². The molecule has 2 saturated heterocycles. The molecular weight excluding hydrogens is 383 g/mol. The van der Waals surface area contributed by atoms with Gasteiger partial charge in [-0.3, -0.25) is 4.79 Å². The Morgan fingerprint density at radius 2 is 1.97 bits per heavy atom. The molecule has 3 aliphatic rings. The summed E-state index contributed by atoms with van der Waals surface area (Å²) >= 11 is 0. The Balaban J connectivity index is 1.42. The van der Waals surface area contributed by atoms with Crippen LogP contribution in [0.25, 0.3) is 5.69 Å². The Bertz CT molecular complexity index is 1060. The van der Waals surface area contributed by atoms with Gasteiger partial charge < -0.3 is 10.2 Å². The maximum atomic E-state index is 13.6. The molecule has 7 nitrogen and oxygen atoms in total. The quantitative estimate of drug-likeness (QED) is 0.704. The van der Waals surface area contributed by atoms with Crippen LogP contribution in [0.4, 0.5) is 10.1 Å². The number of pyridine rings is 1. The molecule has 2 bridgehead atoms. The van der Waals surface area contributed by atoms with Crippen LogP contribution in [0.15, 0.2) is 48.9 Å². The fourth-order valence-corrected chi connectivity index (χ4v) is 4.72. The van der Waals surface area contributed by atoms with E-state index in [-0.39, 0.29) is 17.3 Å². The van der Waals surface area contributed by atoms with Crippen LogP contribution in [-0.2, 0) is 0 Å². The van der Waals surface area contributed by atoms with Gasteiger partial charge in [0.25, 0.3) is 5.91 Å². The molecule has 0 unspecified atom stereocenters. The Morgan fingerprint density at radius 1 is 1.23 bits per heavy atom. The fraction of sp³-hybridized carbons (Fsp3) is 0.364. The van der Waals surface area contributed by atoms with E-state index < -0.39 is 0 Å². The first-order valence-electron chi connectivity index (χ1n) is 10.2. The number of hydrogen-bond donors (Lipinski definition) is 1. The van der Waals surface area contributed by atoms with Crippen molar-refractivity contribution in [3.05, 3.63) is 66.0 Å². The highest BCUT2D eigenvalue weighted by Crippen LogP contribution is 2.49. The van der Waals surface area contributed by atoms with E-state index in [4.69, 9.17) is 0 Å². The second kappa shape index (κ2) is 7.19. The second-order valence-corrected chi connectivity index (χ2v) is 8.30. The number of halogens is 1. The number of rotatable bonds is 5. The number of piperidine rings is 2. The molecule has 2 aromatic heterocycles. The van der Waals surface area contributed by atoms with Crippen molar-refractivity contribution >= 4 is 11.6 Å². The zero-order valence-electron chi connectivity index (χ0n) is 16.8. The lowest BCUT2D eigenvalue weighted by Crippen LogP contribution is -2.67. The van der Waals surface area contributed by atoms with Gasteiger partial charge >= 0.3 is 0 Å². The molecule has 0 radical (unpaired) electrons. The van der Waals surface area contributed by atoms with Gasteiger partial charge in [0.2, 0.25) is 0 Å². The maximum absolute atomic E-state index is 13.6. The molecule has 6 rings (SSSR count). The van der Waals surface area contributed by atoms with E-state index in [9.17, 15) is 9.18 Å². The smallest absolute Gasteiger partial charge is 0.275 e. The highest BCUT2D eigenvalue weighted by atomic mass is 19.1. The van der Waals surface area contributed by atoms with Gasteiger partial charge in [0.15, 0.2) is 5.69 Å². The summed E-state index contributed by atoms with van der Waals surface area (Å²) in [4.78, 5) is 21.5. The van der Waals surface area contributed by atoms with Crippen molar-refractivity contribution < 1.29 is 9.18 Å². The minimum atomic E-state index is -0.262. The number of anilines is 1. The normalized spacial score (nSPS) is 22.5. The third-order valence-corrected chi connectivity index (χ3v) is 6.22. The van der Waals surface area contributed by atoms with Crippen LogP contribution in [0.5, 0.6) is 0 Å². The fourth-order valence-electron chi connectivity index (χ4n) is 4.72. The van der Waals surface area contributed by atoms with E-state index in [0.29, 0.717) is 30.4 Å². The van der Waals surface area contributed by atoms with Crippen LogP contribution in [0.3, 0.4) is 0 Å². The van der Waals surface area contributed by atoms with Crippen molar-refractivity contribution in [1.29, 1.82) is 0 Å². The number of amides is 1. The molecule has 1 saturated carbocycles. The van der Waals surface area contributed by atoms with E-state index in [1.54, 1.807) is 30.7 Å². The zero-order valence-corrected chi connectivity index (χ0v) is 16.8. The average molecular weight is 406 g/mol. The molecule has 1 aromatic carbocycles. The largest absolute Gasteiger partial charge is 0.383 e. The van der Waals surface area contributed by atoms with E-state index >= 15 is 0 Å². The highest BCUT2D eigenvalue weighted by Gasteiger charge is 2.54. The Hall–Kier alpha value is -3.29. The SMILES string of the molecule is Cc1cnc(C(=O)N2CCC3CC2(CNc2ccc(F)cc2)C3)c(-n2nccn2)c1. The van der Waals surface area contributed by atoms with Gasteiger partial charge in [-0.15, -0.1) is 4.80 Å². The van der Waals surface area contributed by atoms with Gasteiger partial charge in [0.05, 0.1) is 17.9 Å². The molecule has 0 atom stereocenters. The summed E-state index contributed by atoms with van der Waals surface area (Å²) in [6.45, 7) is 3.26. The minimum Gasteiger partial charge on any atom is -0.383 e. The highest BCUT2D eigenvalue weighted by molar-refractivity contribution is 5.96. The predicted octanol–water partition coefficient (Wildman–Crippen LogP) is 3.22. The van der Waals surface area contributed by atoms with Crippen molar-refractivity contribution in [2.24, 2.45) is 5.92 Å². The van der Waals surface area contributed by atoms with Crippen molar-refractivity contribution in [3.63, 3.8) is 0 Å². The van der Waals surface area contributed by atoms with Crippen LogP contribution >= 0.6 is 0 Å². The number of aryl methyl sites for hydroxylation is 1. The van der Waals surface area contributed by atoms with Gasteiger partial charge in [0.1, 0.15) is 11.5 Å². The van der Waals surface area contributed by atoms with Crippen LogP contribution in [0.1, 0.15) is 35.3 Å². The maximum Gasteiger partial charge on any atom is 0.275 e. The number of hydrogen-bond acceptors (Lipinski definition) is 5. The summed E-state index contributed by atoms with van der Waals surface area (Å²) in [5.74, 6) is 0.297. The minimum absolute atomic E-state index is 0.0960. The third-order valence-electron chi connectivity index (χ3n) is 6.22. The molecule has 30 heavy (non-hydrogen) atoms. The average Bonchev–Trinajstić information content (AvgIpc) is 3.27. The molecule has 1 amide bonds. The van der Waals surface area contributed by atoms with Crippen molar-refractivity contribution in [2.45, 2.75) is 31.7 Å². The lowest BCUT2D eigenvalue weighted by molar-refractivity contribution is -0.0490. The number of aromatic nitrogens is 4. The van der Waals surface area contributed by atoms with Crippen LogP contribution in [-0.4, -0.2) is 49.4 Å². The molecule has 154 valence electrons. The topological polar surface area (TPSA) is 75.9 Å². The molecule has 2 aliphatic heterocycles. The van der Waals surface area contributed by atoms with Crippen LogP contribution < -0.4 is 5.32 Å². The summed E-state index contributed by atoms with van der Waals surface area (Å²) in [6, 6.07) is 8.21. The standard InChI is InChI=1S/C22H23FN6O/c1-15-10-19(29-26-7-8-27-29)20(24-13-15)21(30)28-9-6-16-11-22(28,12-16)14-25-18-4-2-17(23)3-5-18/h2-5,7-8,10,13,16,25H,6,9,11-12,14H2,1H3. The van der Waals surface area contributed by atoms with Crippen molar-refractivity contribution in [3.8, 4) is 5.69 Å². The van der Waals surface area contributed by atoms with E-state index in [1.165, 1.54) is 16.9 Å². The number of fused-ring (bicyclic) bond motifs is 2. The van der Waals surface area contributed by atoms with Crippen LogP contribution in [0, 0.1) is 18.7 Å². The molecule has 8 heteroatoms. The van der Waals surface area contributed by atoms with Crippen molar-refractivity contribution in [1.82, 2.24) is 24.9 Å². The Kier molecular flexibility index (Phi) is 4.49. The van der Waals surface area contributed by atoms with E-state index in [0.717, 1.165) is 30.5 Å². The molecular formula is C22H23FN6O. The summed E-state index contributed by atoms with van der Waals surface area (Å²) in [5, 5.41) is 11.8. The lowest BCUT2D eigenvalue weighted by atomic mass is 9.62. The second-order valence-electron chi connectivity index (χ2n) is 8.30. The first kappa shape index (κ1) is 18.7. The first-order valence-corrected chi connectivity index (χ1v) is 10.2. The Labute approximate surface area is 173 Å². The molecule has 1 aliphatic carbocycles. The number of carbonyl (C=O) groups is 1. The summed E-state index contributed by atoms with van der Waals surface area (Å²) < 4.78 is 13.2. The monoisotopic (exact) mass is 406 g/mol. The number of nitrogens with zero attached hydrogens (tertiary/aromatic N) is 5.